The molecule has 2 rings (SSSR count). The van der Waals surface area contributed by atoms with Crippen molar-refractivity contribution < 1.29 is 8.42 Å². The van der Waals surface area contributed by atoms with Gasteiger partial charge in [-0.25, -0.2) is 13.4 Å². The number of aromatic nitrogens is 2. The van der Waals surface area contributed by atoms with Crippen molar-refractivity contribution in [3.8, 4) is 0 Å². The summed E-state index contributed by atoms with van der Waals surface area (Å²) < 4.78 is 28.1. The van der Waals surface area contributed by atoms with Gasteiger partial charge in [-0.05, 0) is 25.7 Å². The first kappa shape index (κ1) is 14.0. The van der Waals surface area contributed by atoms with E-state index in [1.807, 2.05) is 0 Å². The van der Waals surface area contributed by atoms with Crippen LogP contribution >= 0.6 is 15.9 Å². The lowest BCUT2D eigenvalue weighted by molar-refractivity contribution is 0.291. The maximum absolute atomic E-state index is 12.4. The molecule has 0 radical (unpaired) electrons. The lowest BCUT2D eigenvalue weighted by atomic mass is 10.0. The van der Waals surface area contributed by atoms with Crippen molar-refractivity contribution in [2.45, 2.75) is 24.8 Å². The second-order valence-electron chi connectivity index (χ2n) is 4.74. The van der Waals surface area contributed by atoms with Crippen LogP contribution in [0.5, 0.6) is 0 Å². The quantitative estimate of drug-likeness (QED) is 0.787. The molecule has 102 valence electrons. The highest BCUT2D eigenvalue weighted by atomic mass is 79.9. The van der Waals surface area contributed by atoms with E-state index in [2.05, 4.69) is 20.9 Å². The Morgan fingerprint density at radius 2 is 2.06 bits per heavy atom. The summed E-state index contributed by atoms with van der Waals surface area (Å²) >= 11 is 3.46. The van der Waals surface area contributed by atoms with E-state index in [0.29, 0.717) is 24.8 Å². The number of hydrogen-bond acceptors (Lipinski definition) is 3. The zero-order valence-corrected chi connectivity index (χ0v) is 13.0. The smallest absolute Gasteiger partial charge is 0.262 e. The lowest BCUT2D eigenvalue weighted by Crippen LogP contribution is -2.38. The van der Waals surface area contributed by atoms with E-state index >= 15 is 0 Å². The van der Waals surface area contributed by atoms with Crippen molar-refractivity contribution in [3.05, 3.63) is 12.0 Å². The van der Waals surface area contributed by atoms with Gasteiger partial charge >= 0.3 is 0 Å². The molecule has 0 aliphatic carbocycles. The van der Waals surface area contributed by atoms with Gasteiger partial charge in [-0.3, -0.25) is 0 Å². The number of sulfonamides is 1. The highest BCUT2D eigenvalue weighted by molar-refractivity contribution is 9.09. The van der Waals surface area contributed by atoms with Crippen LogP contribution in [-0.2, 0) is 17.1 Å². The van der Waals surface area contributed by atoms with Crippen molar-refractivity contribution in [1.82, 2.24) is 13.9 Å². The Balaban J connectivity index is 2.17. The van der Waals surface area contributed by atoms with Crippen molar-refractivity contribution in [3.63, 3.8) is 0 Å². The van der Waals surface area contributed by atoms with Crippen molar-refractivity contribution in [2.24, 2.45) is 13.0 Å². The third-order valence-corrected chi connectivity index (χ3v) is 6.17. The maximum atomic E-state index is 12.4. The third kappa shape index (κ3) is 2.62. The Morgan fingerprint density at radius 1 is 1.44 bits per heavy atom. The topological polar surface area (TPSA) is 55.2 Å². The number of alkyl halides is 1. The fraction of sp³-hybridized carbons (Fsp3) is 0.727. The zero-order valence-electron chi connectivity index (χ0n) is 10.6. The van der Waals surface area contributed by atoms with E-state index in [1.165, 1.54) is 0 Å². The van der Waals surface area contributed by atoms with E-state index in [1.54, 1.807) is 29.0 Å². The molecule has 0 bridgehead atoms. The average Bonchev–Trinajstić information content (AvgIpc) is 2.70. The number of imidazole rings is 1. The Kier molecular flexibility index (Phi) is 4.13. The second kappa shape index (κ2) is 5.30. The molecular formula is C11H18BrN3O2S. The first-order valence-corrected chi connectivity index (χ1v) is 8.57. The van der Waals surface area contributed by atoms with Gasteiger partial charge in [0.15, 0.2) is 5.03 Å². The van der Waals surface area contributed by atoms with Crippen LogP contribution in [0.15, 0.2) is 11.2 Å². The van der Waals surface area contributed by atoms with Gasteiger partial charge in [-0.2, -0.15) is 4.31 Å². The van der Waals surface area contributed by atoms with Crippen LogP contribution in [0.4, 0.5) is 0 Å². The molecule has 1 aromatic heterocycles. The van der Waals surface area contributed by atoms with E-state index in [4.69, 9.17) is 0 Å². The molecule has 1 aliphatic heterocycles. The van der Waals surface area contributed by atoms with Crippen LogP contribution in [0, 0.1) is 12.8 Å². The number of halogens is 1. The van der Waals surface area contributed by atoms with Gasteiger partial charge in [0.2, 0.25) is 0 Å². The molecule has 0 spiro atoms. The molecule has 5 nitrogen and oxygen atoms in total. The molecule has 2 heterocycles. The first-order valence-electron chi connectivity index (χ1n) is 6.01. The zero-order chi connectivity index (χ0) is 13.3. The minimum Gasteiger partial charge on any atom is -0.337 e. The van der Waals surface area contributed by atoms with Gasteiger partial charge in [-0.1, -0.05) is 15.9 Å². The third-order valence-electron chi connectivity index (χ3n) is 3.48. The van der Waals surface area contributed by atoms with Crippen LogP contribution in [0.25, 0.3) is 0 Å². The maximum Gasteiger partial charge on any atom is 0.262 e. The SMILES string of the molecule is Cc1nc(S(=O)(=O)N2CCC(CBr)CC2)cn1C. The predicted octanol–water partition coefficient (Wildman–Crippen LogP) is 1.52. The molecule has 0 N–H and O–H groups in total. The minimum atomic E-state index is -3.41. The number of nitrogens with zero attached hydrogens (tertiary/aromatic N) is 3. The normalized spacial score (nSPS) is 19.3. The summed E-state index contributed by atoms with van der Waals surface area (Å²) in [7, 11) is -1.61. The Hall–Kier alpha value is -0.400. The number of piperidine rings is 1. The summed E-state index contributed by atoms with van der Waals surface area (Å²) in [5.41, 5.74) is 0. The molecule has 0 amide bonds. The molecule has 0 saturated carbocycles. The van der Waals surface area contributed by atoms with Crippen LogP contribution < -0.4 is 0 Å². The monoisotopic (exact) mass is 335 g/mol. The summed E-state index contributed by atoms with van der Waals surface area (Å²) in [6.07, 6.45) is 3.41. The predicted molar refractivity (Wildman–Crippen MR) is 73.2 cm³/mol. The summed E-state index contributed by atoms with van der Waals surface area (Å²) in [4.78, 5) is 4.12. The number of hydrogen-bond donors (Lipinski definition) is 0. The first-order chi connectivity index (χ1) is 8.45. The van der Waals surface area contributed by atoms with E-state index < -0.39 is 10.0 Å². The lowest BCUT2D eigenvalue weighted by Gasteiger charge is -2.29. The van der Waals surface area contributed by atoms with E-state index in [-0.39, 0.29) is 5.03 Å². The number of rotatable bonds is 3. The Labute approximate surface area is 116 Å². The summed E-state index contributed by atoms with van der Waals surface area (Å²) in [5.74, 6) is 1.30. The van der Waals surface area contributed by atoms with Crippen LogP contribution in [-0.4, -0.2) is 40.7 Å². The summed E-state index contributed by atoms with van der Waals surface area (Å²) in [6, 6.07) is 0. The van der Waals surface area contributed by atoms with Gasteiger partial charge in [-0.15, -0.1) is 0 Å². The standard InChI is InChI=1S/C11H18BrN3O2S/c1-9-13-11(8-14(9)2)18(16,17)15-5-3-10(7-12)4-6-15/h8,10H,3-7H2,1-2H3. The molecule has 18 heavy (non-hydrogen) atoms. The molecular weight excluding hydrogens is 318 g/mol. The highest BCUT2D eigenvalue weighted by Crippen LogP contribution is 2.24. The van der Waals surface area contributed by atoms with Gasteiger partial charge in [0.25, 0.3) is 10.0 Å². The Morgan fingerprint density at radius 3 is 2.50 bits per heavy atom. The number of aryl methyl sites for hydroxylation is 2. The summed E-state index contributed by atoms with van der Waals surface area (Å²) in [5, 5.41) is 1.11. The summed E-state index contributed by atoms with van der Waals surface area (Å²) in [6.45, 7) is 2.98. The van der Waals surface area contributed by atoms with Gasteiger partial charge in [0, 0.05) is 31.7 Å². The highest BCUT2D eigenvalue weighted by Gasteiger charge is 2.30. The van der Waals surface area contributed by atoms with Crippen molar-refractivity contribution in [2.75, 3.05) is 18.4 Å². The largest absolute Gasteiger partial charge is 0.337 e. The minimum absolute atomic E-state index is 0.166. The molecule has 1 aromatic rings. The molecule has 1 aliphatic rings. The fourth-order valence-corrected chi connectivity index (χ4v) is 4.23. The van der Waals surface area contributed by atoms with Gasteiger partial charge in [0.05, 0.1) is 0 Å². The second-order valence-corrected chi connectivity index (χ2v) is 7.27. The Bertz CT molecular complexity index is 499. The van der Waals surface area contributed by atoms with Gasteiger partial charge in [0.1, 0.15) is 5.82 Å². The molecule has 1 fully saturated rings. The molecule has 7 heteroatoms. The van der Waals surface area contributed by atoms with Crippen LogP contribution in [0.2, 0.25) is 0 Å². The van der Waals surface area contributed by atoms with Crippen LogP contribution in [0.1, 0.15) is 18.7 Å². The van der Waals surface area contributed by atoms with E-state index in [9.17, 15) is 8.42 Å². The molecule has 0 atom stereocenters. The molecule has 0 unspecified atom stereocenters. The average molecular weight is 336 g/mol. The molecule has 0 aromatic carbocycles. The molecule has 1 saturated heterocycles. The van der Waals surface area contributed by atoms with Crippen molar-refractivity contribution in [1.29, 1.82) is 0 Å². The van der Waals surface area contributed by atoms with Gasteiger partial charge < -0.3 is 4.57 Å². The van der Waals surface area contributed by atoms with Crippen LogP contribution in [0.3, 0.4) is 0 Å². The fourth-order valence-electron chi connectivity index (χ4n) is 2.09. The van der Waals surface area contributed by atoms with Crippen molar-refractivity contribution >= 4 is 26.0 Å². The van der Waals surface area contributed by atoms with E-state index in [0.717, 1.165) is 18.2 Å².